The van der Waals surface area contributed by atoms with Crippen molar-refractivity contribution in [3.05, 3.63) is 96.1 Å². The molecule has 0 amide bonds. The molecule has 3 rings (SSSR count). The summed E-state index contributed by atoms with van der Waals surface area (Å²) in [5, 5.41) is 13.7. The molecular formula is C20H17N2OP. The Morgan fingerprint density at radius 2 is 1.29 bits per heavy atom. The maximum atomic E-state index is 13.7. The van der Waals surface area contributed by atoms with Crippen LogP contribution in [0.25, 0.3) is 0 Å². The normalized spacial score (nSPS) is 11.0. The first-order valence-electron chi connectivity index (χ1n) is 7.68. The lowest BCUT2D eigenvalue weighted by Crippen LogP contribution is -2.27. The quantitative estimate of drug-likeness (QED) is 0.727. The van der Waals surface area contributed by atoms with E-state index >= 15 is 0 Å². The lowest BCUT2D eigenvalue weighted by atomic mass is 10.1. The van der Waals surface area contributed by atoms with Crippen LogP contribution >= 0.6 is 7.29 Å². The second-order valence-corrected chi connectivity index (χ2v) is 7.99. The molecule has 0 unspecified atom stereocenters. The van der Waals surface area contributed by atoms with Crippen molar-refractivity contribution in [3.8, 4) is 6.07 Å². The lowest BCUT2D eigenvalue weighted by molar-refractivity contribution is 0.578. The van der Waals surface area contributed by atoms with Gasteiger partial charge in [0.15, 0.2) is 0 Å². The third-order valence-corrected chi connectivity index (χ3v) is 6.48. The third-order valence-electron chi connectivity index (χ3n) is 3.83. The summed E-state index contributed by atoms with van der Waals surface area (Å²) in [6.45, 7) is 0.465. The first-order chi connectivity index (χ1) is 11.7. The van der Waals surface area contributed by atoms with E-state index in [2.05, 4.69) is 11.2 Å². The number of benzene rings is 3. The van der Waals surface area contributed by atoms with Crippen molar-refractivity contribution in [1.82, 2.24) is 5.09 Å². The third kappa shape index (κ3) is 3.46. The van der Waals surface area contributed by atoms with Gasteiger partial charge in [-0.3, -0.25) is 9.65 Å². The van der Waals surface area contributed by atoms with E-state index in [1.54, 1.807) is 12.1 Å². The van der Waals surface area contributed by atoms with E-state index < -0.39 is 7.29 Å². The molecule has 0 aromatic heterocycles. The molecule has 118 valence electrons. The average Bonchev–Trinajstić information content (AvgIpc) is 2.68. The summed E-state index contributed by atoms with van der Waals surface area (Å²) in [5.41, 5.74) is 1.61. The standard InChI is InChI=1S/C20H17N2OP/c21-15-17-11-13-18(14-12-17)16-22-24(23,19-7-3-1-4-8-19)20-9-5-2-6-10-20/h1-14H,16H2,(H,22,23). The molecular weight excluding hydrogens is 315 g/mol. The topological polar surface area (TPSA) is 52.9 Å². The van der Waals surface area contributed by atoms with Crippen LogP contribution in [0, 0.1) is 11.3 Å². The van der Waals surface area contributed by atoms with E-state index in [9.17, 15) is 4.57 Å². The fourth-order valence-electron chi connectivity index (χ4n) is 2.51. The Bertz CT molecular complexity index is 841. The fourth-order valence-corrected chi connectivity index (χ4v) is 4.76. The van der Waals surface area contributed by atoms with Crippen LogP contribution in [0.4, 0.5) is 0 Å². The lowest BCUT2D eigenvalue weighted by Gasteiger charge is -2.20. The Labute approximate surface area is 142 Å². The molecule has 0 fully saturated rings. The summed E-state index contributed by atoms with van der Waals surface area (Å²) in [7, 11) is -2.92. The van der Waals surface area contributed by atoms with Crippen molar-refractivity contribution in [2.75, 3.05) is 0 Å². The number of hydrogen-bond acceptors (Lipinski definition) is 2. The molecule has 3 nitrogen and oxygen atoms in total. The van der Waals surface area contributed by atoms with Gasteiger partial charge in [0, 0.05) is 17.2 Å². The Balaban J connectivity index is 1.91. The number of nitriles is 1. The Kier molecular flexibility index (Phi) is 4.91. The minimum absolute atomic E-state index is 0.465. The molecule has 24 heavy (non-hydrogen) atoms. The molecule has 0 aliphatic carbocycles. The van der Waals surface area contributed by atoms with Gasteiger partial charge in [-0.15, -0.1) is 0 Å². The van der Waals surface area contributed by atoms with E-state index in [1.807, 2.05) is 72.8 Å². The Hall–Kier alpha value is -2.66. The molecule has 0 aliphatic rings. The maximum Gasteiger partial charge on any atom is 0.204 e. The molecule has 4 heteroatoms. The van der Waals surface area contributed by atoms with Crippen molar-refractivity contribution in [3.63, 3.8) is 0 Å². The van der Waals surface area contributed by atoms with Crippen molar-refractivity contribution < 1.29 is 4.57 Å². The van der Waals surface area contributed by atoms with E-state index in [4.69, 9.17) is 5.26 Å². The molecule has 0 aliphatic heterocycles. The highest BCUT2D eigenvalue weighted by molar-refractivity contribution is 7.76. The van der Waals surface area contributed by atoms with Crippen LogP contribution in [-0.4, -0.2) is 0 Å². The highest BCUT2D eigenvalue weighted by Crippen LogP contribution is 2.38. The van der Waals surface area contributed by atoms with Gasteiger partial charge >= 0.3 is 0 Å². The summed E-state index contributed by atoms with van der Waals surface area (Å²) >= 11 is 0. The zero-order valence-electron chi connectivity index (χ0n) is 13.1. The summed E-state index contributed by atoms with van der Waals surface area (Å²) in [5.74, 6) is 0. The molecule has 0 atom stereocenters. The van der Waals surface area contributed by atoms with Crippen molar-refractivity contribution in [2.45, 2.75) is 6.54 Å². The van der Waals surface area contributed by atoms with Crippen LogP contribution in [0.5, 0.6) is 0 Å². The first-order valence-corrected chi connectivity index (χ1v) is 9.38. The van der Waals surface area contributed by atoms with Crippen LogP contribution in [0.1, 0.15) is 11.1 Å². The van der Waals surface area contributed by atoms with Gasteiger partial charge in [-0.2, -0.15) is 5.26 Å². The van der Waals surface area contributed by atoms with Gasteiger partial charge < -0.3 is 0 Å². The second-order valence-electron chi connectivity index (χ2n) is 5.42. The van der Waals surface area contributed by atoms with Crippen LogP contribution in [0.2, 0.25) is 0 Å². The van der Waals surface area contributed by atoms with Gasteiger partial charge in [-0.05, 0) is 42.0 Å². The van der Waals surface area contributed by atoms with Gasteiger partial charge in [0.2, 0.25) is 7.29 Å². The highest BCUT2D eigenvalue weighted by Gasteiger charge is 2.26. The average molecular weight is 332 g/mol. The number of hydrogen-bond donors (Lipinski definition) is 1. The van der Waals surface area contributed by atoms with Gasteiger partial charge in [0.05, 0.1) is 11.6 Å². The number of rotatable bonds is 5. The smallest absolute Gasteiger partial charge is 0.204 e. The molecule has 1 N–H and O–H groups in total. The number of nitrogens with one attached hydrogen (secondary N) is 1. The van der Waals surface area contributed by atoms with E-state index in [0.29, 0.717) is 12.1 Å². The van der Waals surface area contributed by atoms with Gasteiger partial charge in [-0.1, -0.05) is 48.5 Å². The monoisotopic (exact) mass is 332 g/mol. The Morgan fingerprint density at radius 3 is 1.75 bits per heavy atom. The zero-order valence-corrected chi connectivity index (χ0v) is 14.0. The Morgan fingerprint density at radius 1 is 0.792 bits per heavy atom. The fraction of sp³-hybridized carbons (Fsp3) is 0.0500. The van der Waals surface area contributed by atoms with Crippen molar-refractivity contribution in [1.29, 1.82) is 5.26 Å². The van der Waals surface area contributed by atoms with Crippen LogP contribution in [0.3, 0.4) is 0 Å². The van der Waals surface area contributed by atoms with Crippen LogP contribution in [-0.2, 0) is 11.1 Å². The van der Waals surface area contributed by atoms with E-state index in [0.717, 1.165) is 16.2 Å². The molecule has 3 aromatic rings. The summed E-state index contributed by atoms with van der Waals surface area (Å²) in [4.78, 5) is 0. The van der Waals surface area contributed by atoms with Crippen molar-refractivity contribution in [2.24, 2.45) is 0 Å². The van der Waals surface area contributed by atoms with Gasteiger partial charge in [0.1, 0.15) is 0 Å². The highest BCUT2D eigenvalue weighted by atomic mass is 31.2. The van der Waals surface area contributed by atoms with E-state index in [1.165, 1.54) is 0 Å². The largest absolute Gasteiger partial charge is 0.297 e. The summed E-state index contributed by atoms with van der Waals surface area (Å²) in [6, 6.07) is 28.4. The molecule has 0 radical (unpaired) electrons. The number of nitrogens with zero attached hydrogens (tertiary/aromatic N) is 1. The van der Waals surface area contributed by atoms with E-state index in [-0.39, 0.29) is 0 Å². The molecule has 0 bridgehead atoms. The molecule has 0 saturated heterocycles. The molecule has 0 heterocycles. The minimum atomic E-state index is -2.92. The SMILES string of the molecule is N#Cc1ccc(CNP(=O)(c2ccccc2)c2ccccc2)cc1. The van der Waals surface area contributed by atoms with Crippen LogP contribution in [0.15, 0.2) is 84.9 Å². The summed E-state index contributed by atoms with van der Waals surface area (Å²) in [6.07, 6.45) is 0. The molecule has 3 aromatic carbocycles. The minimum Gasteiger partial charge on any atom is -0.297 e. The predicted molar refractivity (Wildman–Crippen MR) is 97.8 cm³/mol. The van der Waals surface area contributed by atoms with Gasteiger partial charge in [0.25, 0.3) is 0 Å². The van der Waals surface area contributed by atoms with Crippen LogP contribution < -0.4 is 15.7 Å². The molecule has 0 spiro atoms. The first kappa shape index (κ1) is 16.2. The summed E-state index contributed by atoms with van der Waals surface area (Å²) < 4.78 is 13.7. The van der Waals surface area contributed by atoms with Gasteiger partial charge in [-0.25, -0.2) is 0 Å². The predicted octanol–water partition coefficient (Wildman–Crippen LogP) is 3.58. The van der Waals surface area contributed by atoms with Crippen molar-refractivity contribution >= 4 is 17.9 Å². The maximum absolute atomic E-state index is 13.7. The molecule has 0 saturated carbocycles. The zero-order chi connectivity index (χ0) is 16.8. The second kappa shape index (κ2) is 7.27.